The fourth-order valence-corrected chi connectivity index (χ4v) is 2.01. The number of hydrogen-bond donors (Lipinski definition) is 1. The van der Waals surface area contributed by atoms with E-state index in [-0.39, 0.29) is 0 Å². The molecule has 1 aromatic heterocycles. The van der Waals surface area contributed by atoms with Crippen LogP contribution in [-0.4, -0.2) is 27.3 Å². The standard InChI is InChI=1S/C14H12FN5O/c1-21-13-4-2-12(3-5-13)20-14(17-18-19-20)9-6-10(15)8-11(16)7-9/h2-8H,16H2,1H3. The number of nitrogens with zero attached hydrogens (tertiary/aromatic N) is 4. The highest BCUT2D eigenvalue weighted by Crippen LogP contribution is 2.23. The van der Waals surface area contributed by atoms with Crippen molar-refractivity contribution in [1.29, 1.82) is 0 Å². The van der Waals surface area contributed by atoms with E-state index in [0.29, 0.717) is 17.1 Å². The molecule has 3 aromatic rings. The second-order valence-corrected chi connectivity index (χ2v) is 4.39. The molecule has 0 spiro atoms. The molecule has 6 nitrogen and oxygen atoms in total. The maximum absolute atomic E-state index is 13.5. The summed E-state index contributed by atoms with van der Waals surface area (Å²) in [6, 6.07) is 11.4. The number of benzene rings is 2. The summed E-state index contributed by atoms with van der Waals surface area (Å²) in [6.45, 7) is 0. The Morgan fingerprint density at radius 2 is 1.90 bits per heavy atom. The summed E-state index contributed by atoms with van der Waals surface area (Å²) in [5.74, 6) is 0.698. The van der Waals surface area contributed by atoms with E-state index < -0.39 is 5.82 Å². The minimum Gasteiger partial charge on any atom is -0.497 e. The first kappa shape index (κ1) is 13.0. The quantitative estimate of drug-likeness (QED) is 0.745. The molecular formula is C14H12FN5O. The Kier molecular flexibility index (Phi) is 3.23. The lowest BCUT2D eigenvalue weighted by Gasteiger charge is -2.06. The molecule has 0 saturated heterocycles. The van der Waals surface area contributed by atoms with Gasteiger partial charge in [0.15, 0.2) is 5.82 Å². The van der Waals surface area contributed by atoms with E-state index in [1.54, 1.807) is 37.4 Å². The van der Waals surface area contributed by atoms with Crippen LogP contribution in [0.2, 0.25) is 0 Å². The van der Waals surface area contributed by atoms with Crippen molar-refractivity contribution < 1.29 is 9.13 Å². The third-order valence-electron chi connectivity index (χ3n) is 2.96. The van der Waals surface area contributed by atoms with Crippen molar-refractivity contribution >= 4 is 5.69 Å². The summed E-state index contributed by atoms with van der Waals surface area (Å²) >= 11 is 0. The summed E-state index contributed by atoms with van der Waals surface area (Å²) in [7, 11) is 1.59. The molecule has 2 N–H and O–H groups in total. The summed E-state index contributed by atoms with van der Waals surface area (Å²) < 4.78 is 20.1. The third-order valence-corrected chi connectivity index (χ3v) is 2.96. The lowest BCUT2D eigenvalue weighted by Crippen LogP contribution is -2.00. The first-order chi connectivity index (χ1) is 10.2. The number of aromatic nitrogens is 4. The molecule has 106 valence electrons. The molecule has 0 aliphatic rings. The van der Waals surface area contributed by atoms with Crippen LogP contribution in [0, 0.1) is 5.82 Å². The molecular weight excluding hydrogens is 273 g/mol. The normalized spacial score (nSPS) is 10.6. The molecule has 21 heavy (non-hydrogen) atoms. The molecule has 0 unspecified atom stereocenters. The molecule has 2 aromatic carbocycles. The van der Waals surface area contributed by atoms with Crippen LogP contribution in [0.1, 0.15) is 0 Å². The van der Waals surface area contributed by atoms with Crippen LogP contribution in [0.3, 0.4) is 0 Å². The maximum Gasteiger partial charge on any atom is 0.187 e. The molecule has 0 aliphatic heterocycles. The van der Waals surface area contributed by atoms with Crippen LogP contribution in [0.4, 0.5) is 10.1 Å². The summed E-state index contributed by atoms with van der Waals surface area (Å²) in [6.07, 6.45) is 0. The van der Waals surface area contributed by atoms with Crippen LogP contribution in [0.25, 0.3) is 17.1 Å². The second kappa shape index (κ2) is 5.20. The van der Waals surface area contributed by atoms with E-state index in [2.05, 4.69) is 15.5 Å². The maximum atomic E-state index is 13.5. The average molecular weight is 285 g/mol. The number of anilines is 1. The Morgan fingerprint density at radius 3 is 2.57 bits per heavy atom. The van der Waals surface area contributed by atoms with Crippen LogP contribution in [0.5, 0.6) is 5.75 Å². The van der Waals surface area contributed by atoms with Gasteiger partial charge in [0, 0.05) is 11.3 Å². The fraction of sp³-hybridized carbons (Fsp3) is 0.0714. The molecule has 0 amide bonds. The Morgan fingerprint density at radius 1 is 1.14 bits per heavy atom. The Bertz CT molecular complexity index is 749. The number of nitrogens with two attached hydrogens (primary N) is 1. The molecule has 1 heterocycles. The molecule has 7 heteroatoms. The van der Waals surface area contributed by atoms with Crippen molar-refractivity contribution in [2.45, 2.75) is 0 Å². The highest BCUT2D eigenvalue weighted by Gasteiger charge is 2.12. The van der Waals surface area contributed by atoms with Crippen LogP contribution in [0.15, 0.2) is 42.5 Å². The summed E-state index contributed by atoms with van der Waals surface area (Å²) in [5.41, 5.74) is 7.21. The molecule has 0 atom stereocenters. The van der Waals surface area contributed by atoms with E-state index in [0.717, 1.165) is 11.4 Å². The molecule has 0 radical (unpaired) electrons. The first-order valence-electron chi connectivity index (χ1n) is 6.16. The first-order valence-corrected chi connectivity index (χ1v) is 6.16. The zero-order valence-corrected chi connectivity index (χ0v) is 11.2. The van der Waals surface area contributed by atoms with Crippen molar-refractivity contribution in [2.24, 2.45) is 0 Å². The van der Waals surface area contributed by atoms with Gasteiger partial charge in [0.05, 0.1) is 12.8 Å². The number of ether oxygens (including phenoxy) is 1. The lowest BCUT2D eigenvalue weighted by molar-refractivity contribution is 0.414. The lowest BCUT2D eigenvalue weighted by atomic mass is 10.2. The van der Waals surface area contributed by atoms with Crippen LogP contribution < -0.4 is 10.5 Å². The molecule has 0 bridgehead atoms. The van der Waals surface area contributed by atoms with Gasteiger partial charge in [-0.2, -0.15) is 4.68 Å². The number of halogens is 1. The van der Waals surface area contributed by atoms with Gasteiger partial charge in [0.1, 0.15) is 11.6 Å². The predicted molar refractivity (Wildman–Crippen MR) is 75.5 cm³/mol. The van der Waals surface area contributed by atoms with Gasteiger partial charge in [-0.05, 0) is 52.9 Å². The zero-order valence-electron chi connectivity index (χ0n) is 11.2. The van der Waals surface area contributed by atoms with E-state index in [1.807, 2.05) is 0 Å². The fourth-order valence-electron chi connectivity index (χ4n) is 2.01. The van der Waals surface area contributed by atoms with Crippen molar-refractivity contribution in [2.75, 3.05) is 12.8 Å². The van der Waals surface area contributed by atoms with Crippen LogP contribution in [-0.2, 0) is 0 Å². The number of nitrogen functional groups attached to an aromatic ring is 1. The number of methoxy groups -OCH3 is 1. The van der Waals surface area contributed by atoms with Gasteiger partial charge in [-0.25, -0.2) is 4.39 Å². The Hall–Kier alpha value is -2.96. The van der Waals surface area contributed by atoms with E-state index in [1.165, 1.54) is 16.8 Å². The number of hydrogen-bond acceptors (Lipinski definition) is 5. The van der Waals surface area contributed by atoms with Gasteiger partial charge in [0.2, 0.25) is 0 Å². The van der Waals surface area contributed by atoms with E-state index >= 15 is 0 Å². The van der Waals surface area contributed by atoms with Crippen LogP contribution >= 0.6 is 0 Å². The minimum atomic E-state index is -0.436. The van der Waals surface area contributed by atoms with Gasteiger partial charge in [-0.1, -0.05) is 0 Å². The van der Waals surface area contributed by atoms with Gasteiger partial charge >= 0.3 is 0 Å². The van der Waals surface area contributed by atoms with Crippen molar-refractivity contribution in [3.05, 3.63) is 48.3 Å². The molecule has 0 saturated carbocycles. The summed E-state index contributed by atoms with van der Waals surface area (Å²) in [5, 5.41) is 11.5. The highest BCUT2D eigenvalue weighted by molar-refractivity contribution is 5.62. The smallest absolute Gasteiger partial charge is 0.187 e. The van der Waals surface area contributed by atoms with Crippen molar-refractivity contribution in [1.82, 2.24) is 20.2 Å². The molecule has 0 fully saturated rings. The second-order valence-electron chi connectivity index (χ2n) is 4.39. The van der Waals surface area contributed by atoms with Gasteiger partial charge in [0.25, 0.3) is 0 Å². The van der Waals surface area contributed by atoms with E-state index in [4.69, 9.17) is 10.5 Å². The topological polar surface area (TPSA) is 78.8 Å². The van der Waals surface area contributed by atoms with E-state index in [9.17, 15) is 4.39 Å². The zero-order chi connectivity index (χ0) is 14.8. The van der Waals surface area contributed by atoms with Crippen molar-refractivity contribution in [3.63, 3.8) is 0 Å². The Labute approximate surface area is 120 Å². The predicted octanol–water partition coefficient (Wildman–Crippen LogP) is 2.06. The van der Waals surface area contributed by atoms with Crippen molar-refractivity contribution in [3.8, 4) is 22.8 Å². The number of tetrazole rings is 1. The van der Waals surface area contributed by atoms with Gasteiger partial charge < -0.3 is 10.5 Å². The Balaban J connectivity index is 2.07. The highest BCUT2D eigenvalue weighted by atomic mass is 19.1. The monoisotopic (exact) mass is 285 g/mol. The third kappa shape index (κ3) is 2.53. The minimum absolute atomic E-state index is 0.314. The van der Waals surface area contributed by atoms with Gasteiger partial charge in [-0.15, -0.1) is 5.10 Å². The average Bonchev–Trinajstić information content (AvgIpc) is 2.96. The molecule has 3 rings (SSSR count). The van der Waals surface area contributed by atoms with Gasteiger partial charge in [-0.3, -0.25) is 0 Å². The molecule has 0 aliphatic carbocycles. The SMILES string of the molecule is COc1ccc(-n2nnnc2-c2cc(N)cc(F)c2)cc1. The largest absolute Gasteiger partial charge is 0.497 e. The summed E-state index contributed by atoms with van der Waals surface area (Å²) in [4.78, 5) is 0. The number of rotatable bonds is 3.